The molecule has 0 bridgehead atoms. The summed E-state index contributed by atoms with van der Waals surface area (Å²) in [5, 5.41) is 0. The van der Waals surface area contributed by atoms with Crippen LogP contribution in [0.4, 0.5) is 5.69 Å². The molecule has 1 amide bonds. The van der Waals surface area contributed by atoms with Crippen LogP contribution in [0.15, 0.2) is 121 Å². The molecule has 1 aliphatic rings. The number of ether oxygens (including phenoxy) is 1. The molecule has 0 aliphatic carbocycles. The van der Waals surface area contributed by atoms with Crippen LogP contribution in [0.1, 0.15) is 34.3 Å². The van der Waals surface area contributed by atoms with E-state index in [-0.39, 0.29) is 18.5 Å². The molecule has 0 saturated carbocycles. The Kier molecular flexibility index (Phi) is 7.95. The van der Waals surface area contributed by atoms with E-state index < -0.39 is 5.54 Å². The van der Waals surface area contributed by atoms with E-state index in [1.165, 1.54) is 5.56 Å². The Morgan fingerprint density at radius 2 is 1.18 bits per heavy atom. The molecule has 5 heteroatoms. The Balaban J connectivity index is 1.48. The predicted molar refractivity (Wildman–Crippen MR) is 150 cm³/mol. The normalized spacial score (nSPS) is 14.9. The molecule has 0 atom stereocenters. The van der Waals surface area contributed by atoms with Crippen LogP contribution < -0.4 is 4.90 Å². The molecule has 38 heavy (non-hydrogen) atoms. The number of amides is 1. The molecule has 1 aliphatic heterocycles. The van der Waals surface area contributed by atoms with Crippen LogP contribution in [0.2, 0.25) is 0 Å². The first kappa shape index (κ1) is 25.4. The van der Waals surface area contributed by atoms with Gasteiger partial charge < -0.3 is 4.74 Å². The molecule has 1 heterocycles. The molecule has 5 nitrogen and oxygen atoms in total. The van der Waals surface area contributed by atoms with E-state index in [1.807, 2.05) is 97.1 Å². The maximum atomic E-state index is 14.1. The Morgan fingerprint density at radius 1 is 0.684 bits per heavy atom. The van der Waals surface area contributed by atoms with E-state index in [9.17, 15) is 9.59 Å². The number of anilines is 1. The molecule has 0 spiro atoms. The number of hydrogen-bond donors (Lipinski definition) is 0. The van der Waals surface area contributed by atoms with Gasteiger partial charge in [0.1, 0.15) is 12.1 Å². The van der Waals surface area contributed by atoms with Crippen LogP contribution in [-0.2, 0) is 22.7 Å². The highest BCUT2D eigenvalue weighted by atomic mass is 16.5. The van der Waals surface area contributed by atoms with E-state index in [1.54, 1.807) is 17.0 Å². The van der Waals surface area contributed by atoms with Crippen molar-refractivity contribution in [3.63, 3.8) is 0 Å². The van der Waals surface area contributed by atoms with Crippen molar-refractivity contribution in [3.05, 3.63) is 138 Å². The lowest BCUT2D eigenvalue weighted by Gasteiger charge is -2.46. The first-order valence-corrected chi connectivity index (χ1v) is 13.1. The lowest BCUT2D eigenvalue weighted by Crippen LogP contribution is -2.62. The summed E-state index contributed by atoms with van der Waals surface area (Å²) < 4.78 is 5.96. The average molecular weight is 505 g/mol. The zero-order valence-electron chi connectivity index (χ0n) is 21.4. The maximum absolute atomic E-state index is 14.1. The molecule has 0 N–H and O–H groups in total. The van der Waals surface area contributed by atoms with Crippen LogP contribution in [0.3, 0.4) is 0 Å². The lowest BCUT2D eigenvalue weighted by atomic mass is 9.84. The fraction of sp³-hybridized carbons (Fsp3) is 0.212. The molecule has 1 saturated heterocycles. The van der Waals surface area contributed by atoms with Crippen molar-refractivity contribution in [2.45, 2.75) is 31.5 Å². The quantitative estimate of drug-likeness (QED) is 0.272. The van der Waals surface area contributed by atoms with Gasteiger partial charge in [-0.25, -0.2) is 4.79 Å². The summed E-state index contributed by atoms with van der Waals surface area (Å²) in [6.45, 7) is 2.30. The summed E-state index contributed by atoms with van der Waals surface area (Å²) in [5.74, 6) is -0.571. The van der Waals surface area contributed by atoms with Crippen molar-refractivity contribution in [3.8, 4) is 0 Å². The minimum Gasteiger partial charge on any atom is -0.459 e. The van der Waals surface area contributed by atoms with Gasteiger partial charge >= 0.3 is 5.97 Å². The number of carbonyl (C=O) groups is 2. The molecule has 1 fully saturated rings. The molecular formula is C33H32N2O3. The van der Waals surface area contributed by atoms with Crippen LogP contribution >= 0.6 is 0 Å². The van der Waals surface area contributed by atoms with Crippen LogP contribution in [0.25, 0.3) is 0 Å². The second-order valence-electron chi connectivity index (χ2n) is 9.70. The summed E-state index contributed by atoms with van der Waals surface area (Å²) in [7, 11) is 0. The fourth-order valence-electron chi connectivity index (χ4n) is 5.14. The number of likely N-dealkylation sites (tertiary alicyclic amines) is 1. The van der Waals surface area contributed by atoms with Crippen LogP contribution in [0, 0.1) is 0 Å². The van der Waals surface area contributed by atoms with Gasteiger partial charge in [-0.3, -0.25) is 14.6 Å². The van der Waals surface area contributed by atoms with E-state index in [2.05, 4.69) is 17.0 Å². The number of nitrogens with zero attached hydrogens (tertiary/aromatic N) is 2. The minimum atomic E-state index is -1.13. The van der Waals surface area contributed by atoms with Crippen LogP contribution in [0.5, 0.6) is 0 Å². The van der Waals surface area contributed by atoms with Gasteiger partial charge in [0.15, 0.2) is 0 Å². The highest BCUT2D eigenvalue weighted by Crippen LogP contribution is 2.37. The van der Waals surface area contributed by atoms with Gasteiger partial charge in [0.05, 0.1) is 0 Å². The maximum Gasteiger partial charge on any atom is 0.332 e. The summed E-state index contributed by atoms with van der Waals surface area (Å²) in [6.07, 6.45) is 0.946. The number of piperidine rings is 1. The molecule has 5 rings (SSSR count). The van der Waals surface area contributed by atoms with Gasteiger partial charge in [0.25, 0.3) is 5.91 Å². The highest BCUT2D eigenvalue weighted by molar-refractivity contribution is 6.11. The largest absolute Gasteiger partial charge is 0.459 e. The molecule has 192 valence electrons. The number of para-hydroxylation sites is 1. The predicted octanol–water partition coefficient (Wildman–Crippen LogP) is 6.11. The van der Waals surface area contributed by atoms with E-state index >= 15 is 0 Å². The lowest BCUT2D eigenvalue weighted by molar-refractivity contribution is -0.153. The minimum absolute atomic E-state index is 0.164. The average Bonchev–Trinajstić information content (AvgIpc) is 2.99. The number of esters is 1. The summed E-state index contributed by atoms with van der Waals surface area (Å²) in [5.41, 5.74) is 2.24. The van der Waals surface area contributed by atoms with E-state index in [0.717, 1.165) is 12.1 Å². The van der Waals surface area contributed by atoms with Gasteiger partial charge in [0.2, 0.25) is 0 Å². The molecule has 0 unspecified atom stereocenters. The zero-order chi connectivity index (χ0) is 26.2. The van der Waals surface area contributed by atoms with E-state index in [4.69, 9.17) is 4.74 Å². The first-order valence-electron chi connectivity index (χ1n) is 13.1. The third kappa shape index (κ3) is 5.68. The fourth-order valence-corrected chi connectivity index (χ4v) is 5.14. The Morgan fingerprint density at radius 3 is 1.76 bits per heavy atom. The second-order valence-corrected chi connectivity index (χ2v) is 9.70. The Labute approximate surface area is 224 Å². The SMILES string of the molecule is O=C(c1ccccc1)N(c1ccccc1)C1(C(=O)OCc2ccccc2)CCN(Cc2ccccc2)CC1. The molecule has 0 aromatic heterocycles. The summed E-state index contributed by atoms with van der Waals surface area (Å²) in [6, 6.07) is 38.7. The highest BCUT2D eigenvalue weighted by Gasteiger charge is 2.50. The first-order chi connectivity index (χ1) is 18.7. The van der Waals surface area contributed by atoms with Gasteiger partial charge in [-0.05, 0) is 48.2 Å². The van der Waals surface area contributed by atoms with E-state index in [0.29, 0.717) is 37.2 Å². The van der Waals surface area contributed by atoms with Crippen molar-refractivity contribution in [2.24, 2.45) is 0 Å². The van der Waals surface area contributed by atoms with Crippen molar-refractivity contribution < 1.29 is 14.3 Å². The standard InChI is InChI=1S/C33H32N2O3/c36-31(29-17-9-3-10-18-29)35(30-19-11-4-12-20-30)33(32(37)38-26-28-15-7-2-8-16-28)21-23-34(24-22-33)25-27-13-5-1-6-14-27/h1-20H,21-26H2. The van der Waals surface area contributed by atoms with Gasteiger partial charge in [-0.2, -0.15) is 0 Å². The second kappa shape index (κ2) is 11.9. The summed E-state index contributed by atoms with van der Waals surface area (Å²) in [4.78, 5) is 32.2. The van der Waals surface area contributed by atoms with Gasteiger partial charge in [-0.15, -0.1) is 0 Å². The van der Waals surface area contributed by atoms with Crippen LogP contribution in [-0.4, -0.2) is 35.4 Å². The summed E-state index contributed by atoms with van der Waals surface area (Å²) >= 11 is 0. The monoisotopic (exact) mass is 504 g/mol. The van der Waals surface area contributed by atoms with Crippen molar-refractivity contribution in [1.82, 2.24) is 4.90 Å². The molecular weight excluding hydrogens is 472 g/mol. The Bertz CT molecular complexity index is 1320. The van der Waals surface area contributed by atoms with Gasteiger partial charge in [-0.1, -0.05) is 97.1 Å². The molecule has 4 aromatic rings. The third-order valence-corrected chi connectivity index (χ3v) is 7.19. The zero-order valence-corrected chi connectivity index (χ0v) is 21.4. The molecule has 4 aromatic carbocycles. The van der Waals surface area contributed by atoms with Gasteiger partial charge in [0, 0.05) is 30.9 Å². The van der Waals surface area contributed by atoms with Crippen molar-refractivity contribution in [1.29, 1.82) is 0 Å². The number of benzene rings is 4. The smallest absolute Gasteiger partial charge is 0.332 e. The number of carbonyl (C=O) groups excluding carboxylic acids is 2. The third-order valence-electron chi connectivity index (χ3n) is 7.19. The number of rotatable bonds is 8. The molecule has 0 radical (unpaired) electrons. The topological polar surface area (TPSA) is 49.9 Å². The van der Waals surface area contributed by atoms with Crippen molar-refractivity contribution in [2.75, 3.05) is 18.0 Å². The van der Waals surface area contributed by atoms with Crippen molar-refractivity contribution >= 4 is 17.6 Å². The Hall–Kier alpha value is -4.22. The number of hydrogen-bond acceptors (Lipinski definition) is 4.